The lowest BCUT2D eigenvalue weighted by molar-refractivity contribution is 0.0932. The fourth-order valence-corrected chi connectivity index (χ4v) is 2.97. The Labute approximate surface area is 135 Å². The second kappa shape index (κ2) is 6.52. The standard InChI is InChI=1S/C18H22FN3O/c1-3-12(2)20-18(23)17-15-6-4-5-7-16(15)22(21-17)14-10-8-13(19)9-11-14/h8-12H,3-7H2,1-2H3,(H,20,23). The number of carbonyl (C=O) groups excluding carboxylic acids is 1. The average molecular weight is 315 g/mol. The summed E-state index contributed by atoms with van der Waals surface area (Å²) in [5.74, 6) is -0.386. The summed E-state index contributed by atoms with van der Waals surface area (Å²) in [6, 6.07) is 6.37. The minimum Gasteiger partial charge on any atom is -0.348 e. The molecule has 1 aliphatic rings. The number of nitrogens with zero attached hydrogens (tertiary/aromatic N) is 2. The maximum Gasteiger partial charge on any atom is 0.272 e. The summed E-state index contributed by atoms with van der Waals surface area (Å²) in [6.45, 7) is 4.03. The summed E-state index contributed by atoms with van der Waals surface area (Å²) >= 11 is 0. The summed E-state index contributed by atoms with van der Waals surface area (Å²) in [5.41, 5.74) is 3.44. The monoisotopic (exact) mass is 315 g/mol. The Hall–Kier alpha value is -2.17. The molecular weight excluding hydrogens is 293 g/mol. The second-order valence-electron chi connectivity index (χ2n) is 6.15. The van der Waals surface area contributed by atoms with Crippen molar-refractivity contribution in [3.63, 3.8) is 0 Å². The van der Waals surface area contributed by atoms with Crippen LogP contribution in [-0.4, -0.2) is 21.7 Å². The van der Waals surface area contributed by atoms with Crippen LogP contribution >= 0.6 is 0 Å². The van der Waals surface area contributed by atoms with E-state index in [1.54, 1.807) is 16.8 Å². The summed E-state index contributed by atoms with van der Waals surface area (Å²) in [5, 5.41) is 7.56. The van der Waals surface area contributed by atoms with Gasteiger partial charge in [-0.25, -0.2) is 9.07 Å². The molecule has 0 saturated heterocycles. The van der Waals surface area contributed by atoms with Gasteiger partial charge in [-0.2, -0.15) is 5.10 Å². The Morgan fingerprint density at radius 1 is 1.30 bits per heavy atom. The third-order valence-electron chi connectivity index (χ3n) is 4.46. The predicted molar refractivity (Wildman–Crippen MR) is 87.4 cm³/mol. The van der Waals surface area contributed by atoms with E-state index in [0.29, 0.717) is 5.69 Å². The van der Waals surface area contributed by atoms with Gasteiger partial charge in [-0.3, -0.25) is 4.79 Å². The number of fused-ring (bicyclic) bond motifs is 1. The molecule has 23 heavy (non-hydrogen) atoms. The van der Waals surface area contributed by atoms with E-state index in [9.17, 15) is 9.18 Å². The number of rotatable bonds is 4. The fraction of sp³-hybridized carbons (Fsp3) is 0.444. The third kappa shape index (κ3) is 3.14. The lowest BCUT2D eigenvalue weighted by Gasteiger charge is -2.15. The van der Waals surface area contributed by atoms with Crippen molar-refractivity contribution in [1.29, 1.82) is 0 Å². The van der Waals surface area contributed by atoms with Crippen LogP contribution in [0.1, 0.15) is 54.9 Å². The molecule has 1 unspecified atom stereocenters. The number of hydrogen-bond acceptors (Lipinski definition) is 2. The zero-order valence-corrected chi connectivity index (χ0v) is 13.6. The molecule has 1 N–H and O–H groups in total. The van der Waals surface area contributed by atoms with Gasteiger partial charge in [0.2, 0.25) is 0 Å². The molecule has 122 valence electrons. The molecule has 3 rings (SSSR count). The first-order chi connectivity index (χ1) is 11.1. The van der Waals surface area contributed by atoms with Crippen molar-refractivity contribution in [2.45, 2.75) is 52.0 Å². The predicted octanol–water partition coefficient (Wildman–Crippen LogP) is 3.42. The van der Waals surface area contributed by atoms with Crippen LogP contribution in [0.3, 0.4) is 0 Å². The van der Waals surface area contributed by atoms with E-state index >= 15 is 0 Å². The average Bonchev–Trinajstić information content (AvgIpc) is 2.95. The lowest BCUT2D eigenvalue weighted by atomic mass is 9.95. The van der Waals surface area contributed by atoms with E-state index in [4.69, 9.17) is 0 Å². The molecule has 0 fully saturated rings. The minimum absolute atomic E-state index is 0.113. The van der Waals surface area contributed by atoms with Crippen molar-refractivity contribution in [1.82, 2.24) is 15.1 Å². The lowest BCUT2D eigenvalue weighted by Crippen LogP contribution is -2.33. The van der Waals surface area contributed by atoms with Crippen LogP contribution in [0.25, 0.3) is 5.69 Å². The molecule has 2 aromatic rings. The Kier molecular flexibility index (Phi) is 4.46. The first-order valence-electron chi connectivity index (χ1n) is 8.27. The number of halogens is 1. The van der Waals surface area contributed by atoms with E-state index < -0.39 is 0 Å². The van der Waals surface area contributed by atoms with Gasteiger partial charge >= 0.3 is 0 Å². The Morgan fingerprint density at radius 2 is 2.00 bits per heavy atom. The molecule has 5 heteroatoms. The van der Waals surface area contributed by atoms with Gasteiger partial charge in [0.05, 0.1) is 5.69 Å². The molecule has 1 aliphatic carbocycles. The summed E-state index contributed by atoms with van der Waals surface area (Å²) in [6.07, 6.45) is 4.82. The summed E-state index contributed by atoms with van der Waals surface area (Å²) < 4.78 is 15.0. The van der Waals surface area contributed by atoms with Gasteiger partial charge < -0.3 is 5.32 Å². The number of benzene rings is 1. The summed E-state index contributed by atoms with van der Waals surface area (Å²) in [7, 11) is 0. The van der Waals surface area contributed by atoms with Crippen LogP contribution in [0.15, 0.2) is 24.3 Å². The van der Waals surface area contributed by atoms with E-state index in [-0.39, 0.29) is 17.8 Å². The summed E-state index contributed by atoms with van der Waals surface area (Å²) in [4.78, 5) is 12.5. The number of nitrogens with one attached hydrogen (secondary N) is 1. The highest BCUT2D eigenvalue weighted by Gasteiger charge is 2.25. The maximum atomic E-state index is 13.2. The van der Waals surface area contributed by atoms with Crippen molar-refractivity contribution in [3.05, 3.63) is 47.0 Å². The number of carbonyl (C=O) groups is 1. The van der Waals surface area contributed by atoms with E-state index in [1.807, 2.05) is 13.8 Å². The molecule has 0 aliphatic heterocycles. The molecule has 1 heterocycles. The highest BCUT2D eigenvalue weighted by molar-refractivity contribution is 5.94. The second-order valence-corrected chi connectivity index (χ2v) is 6.15. The zero-order chi connectivity index (χ0) is 16.4. The van der Waals surface area contributed by atoms with Crippen molar-refractivity contribution in [3.8, 4) is 5.69 Å². The quantitative estimate of drug-likeness (QED) is 0.940. The first kappa shape index (κ1) is 15.7. The molecule has 4 nitrogen and oxygen atoms in total. The number of hydrogen-bond donors (Lipinski definition) is 1. The van der Waals surface area contributed by atoms with E-state index in [2.05, 4.69) is 10.4 Å². The van der Waals surface area contributed by atoms with E-state index in [0.717, 1.165) is 49.0 Å². The van der Waals surface area contributed by atoms with Crippen LogP contribution in [0.4, 0.5) is 4.39 Å². The van der Waals surface area contributed by atoms with E-state index in [1.165, 1.54) is 12.1 Å². The normalized spacial score (nSPS) is 15.1. The molecule has 0 spiro atoms. The first-order valence-corrected chi connectivity index (χ1v) is 8.27. The molecule has 0 saturated carbocycles. The van der Waals surface area contributed by atoms with Gasteiger partial charge in [0.1, 0.15) is 5.82 Å². The third-order valence-corrected chi connectivity index (χ3v) is 4.46. The molecule has 0 radical (unpaired) electrons. The van der Waals surface area contributed by atoms with Gasteiger partial charge in [-0.1, -0.05) is 6.92 Å². The molecular formula is C18H22FN3O. The minimum atomic E-state index is -0.274. The van der Waals surface area contributed by atoms with Gasteiger partial charge in [0.15, 0.2) is 5.69 Å². The Bertz CT molecular complexity index is 706. The molecule has 1 aromatic heterocycles. The highest BCUT2D eigenvalue weighted by Crippen LogP contribution is 2.27. The van der Waals surface area contributed by atoms with Gasteiger partial charge in [0.25, 0.3) is 5.91 Å². The number of amides is 1. The van der Waals surface area contributed by atoms with Crippen molar-refractivity contribution >= 4 is 5.91 Å². The largest absolute Gasteiger partial charge is 0.348 e. The van der Waals surface area contributed by atoms with Crippen LogP contribution < -0.4 is 5.32 Å². The molecule has 1 atom stereocenters. The van der Waals surface area contributed by atoms with Crippen LogP contribution in [-0.2, 0) is 12.8 Å². The fourth-order valence-electron chi connectivity index (χ4n) is 2.97. The number of aromatic nitrogens is 2. The van der Waals surface area contributed by atoms with Gasteiger partial charge in [-0.05, 0) is 63.3 Å². The SMILES string of the molecule is CCC(C)NC(=O)c1nn(-c2ccc(F)cc2)c2c1CCCC2. The van der Waals surface area contributed by atoms with Gasteiger partial charge in [-0.15, -0.1) is 0 Å². The van der Waals surface area contributed by atoms with Crippen LogP contribution in [0.5, 0.6) is 0 Å². The Morgan fingerprint density at radius 3 is 2.70 bits per heavy atom. The Balaban J connectivity index is 2.01. The van der Waals surface area contributed by atoms with Crippen LogP contribution in [0.2, 0.25) is 0 Å². The maximum absolute atomic E-state index is 13.2. The molecule has 0 bridgehead atoms. The highest BCUT2D eigenvalue weighted by atomic mass is 19.1. The van der Waals surface area contributed by atoms with Crippen LogP contribution in [0, 0.1) is 5.82 Å². The molecule has 1 aromatic carbocycles. The van der Waals surface area contributed by atoms with Crippen molar-refractivity contribution < 1.29 is 9.18 Å². The van der Waals surface area contributed by atoms with Crippen molar-refractivity contribution in [2.24, 2.45) is 0 Å². The van der Waals surface area contributed by atoms with Crippen molar-refractivity contribution in [2.75, 3.05) is 0 Å². The zero-order valence-electron chi connectivity index (χ0n) is 13.6. The molecule has 1 amide bonds. The van der Waals surface area contributed by atoms with Gasteiger partial charge in [0, 0.05) is 17.3 Å². The smallest absolute Gasteiger partial charge is 0.272 e. The topological polar surface area (TPSA) is 46.9 Å².